The number of hydrogen-bond acceptors (Lipinski definition) is 6. The van der Waals surface area contributed by atoms with Crippen molar-refractivity contribution in [2.75, 3.05) is 39.0 Å². The number of carbonyl (C=O) groups is 1. The van der Waals surface area contributed by atoms with Crippen LogP contribution in [0.5, 0.6) is 5.75 Å². The fourth-order valence-corrected chi connectivity index (χ4v) is 4.76. The lowest BCUT2D eigenvalue weighted by molar-refractivity contribution is -0.140. The van der Waals surface area contributed by atoms with E-state index in [-0.39, 0.29) is 11.7 Å². The van der Waals surface area contributed by atoms with Crippen molar-refractivity contribution in [3.63, 3.8) is 0 Å². The molecule has 0 aliphatic carbocycles. The van der Waals surface area contributed by atoms with Crippen molar-refractivity contribution < 1.29 is 19.0 Å². The molecule has 180 valence electrons. The Morgan fingerprint density at radius 2 is 2.03 bits per heavy atom. The zero-order chi connectivity index (χ0) is 24.5. The summed E-state index contributed by atoms with van der Waals surface area (Å²) in [5, 5.41) is 23.9. The van der Waals surface area contributed by atoms with Crippen LogP contribution in [0.1, 0.15) is 30.2 Å². The van der Waals surface area contributed by atoms with Gasteiger partial charge < -0.3 is 20.1 Å². The monoisotopic (exact) mass is 486 g/mol. The van der Waals surface area contributed by atoms with Crippen LogP contribution in [0.2, 0.25) is 5.02 Å². The van der Waals surface area contributed by atoms with Gasteiger partial charge in [0, 0.05) is 18.7 Å². The molecule has 9 heteroatoms. The molecular formula is C25H28ClFN4O3. The van der Waals surface area contributed by atoms with Crippen LogP contribution >= 0.6 is 11.6 Å². The zero-order valence-corrected chi connectivity index (χ0v) is 20.0. The summed E-state index contributed by atoms with van der Waals surface area (Å²) < 4.78 is 19.2. The van der Waals surface area contributed by atoms with E-state index >= 15 is 0 Å². The normalized spacial score (nSPS) is 20.0. The van der Waals surface area contributed by atoms with E-state index in [4.69, 9.17) is 16.3 Å². The van der Waals surface area contributed by atoms with Crippen molar-refractivity contribution in [2.45, 2.75) is 31.6 Å². The maximum Gasteiger partial charge on any atom is 0.265 e. The number of anilines is 1. The van der Waals surface area contributed by atoms with Crippen molar-refractivity contribution in [3.8, 4) is 11.8 Å². The number of ether oxygens (including phenoxy) is 1. The first-order valence-electron chi connectivity index (χ1n) is 11.2. The molecule has 0 saturated carbocycles. The van der Waals surface area contributed by atoms with Crippen LogP contribution in [0.4, 0.5) is 10.1 Å². The number of nitriles is 1. The van der Waals surface area contributed by atoms with E-state index in [1.807, 2.05) is 0 Å². The van der Waals surface area contributed by atoms with E-state index in [9.17, 15) is 19.6 Å². The number of amides is 1. The lowest BCUT2D eigenvalue weighted by Crippen LogP contribution is -2.51. The van der Waals surface area contributed by atoms with Crippen molar-refractivity contribution in [1.29, 1.82) is 5.26 Å². The highest BCUT2D eigenvalue weighted by Gasteiger charge is 2.39. The molecule has 2 aromatic rings. The summed E-state index contributed by atoms with van der Waals surface area (Å²) in [5.74, 6) is 0.0178. The number of aliphatic hydroxyl groups is 1. The first-order chi connectivity index (χ1) is 16.2. The standard InChI is InChI=1S/C25H28ClFN4O3/c1-30(2)23(32)18-11-21-20(12-19(18)26)29-14-22(34-21)24(33)31-9-7-25(15-28,8-10-31)13-16-3-5-17(27)6-4-16/h3-6,11-12,22-23,29,32H,7-10,13-14H2,1-2H3. The van der Waals surface area contributed by atoms with Crippen LogP contribution in [-0.2, 0) is 11.2 Å². The number of aliphatic hydroxyl groups excluding tert-OH is 1. The molecule has 0 spiro atoms. The Hall–Kier alpha value is -2.86. The fourth-order valence-electron chi connectivity index (χ4n) is 4.50. The van der Waals surface area contributed by atoms with Gasteiger partial charge in [-0.05, 0) is 63.2 Å². The van der Waals surface area contributed by atoms with Gasteiger partial charge in [-0.3, -0.25) is 9.69 Å². The average Bonchev–Trinajstić information content (AvgIpc) is 2.84. The third-order valence-electron chi connectivity index (χ3n) is 6.61. The molecule has 2 aliphatic heterocycles. The SMILES string of the molecule is CN(C)C(O)c1cc2c(cc1Cl)NCC(C(=O)N1CCC(C#N)(Cc3ccc(F)cc3)CC1)O2. The van der Waals surface area contributed by atoms with Gasteiger partial charge in [0.1, 0.15) is 17.8 Å². The molecule has 2 unspecified atom stereocenters. The minimum Gasteiger partial charge on any atom is -0.477 e. The molecule has 1 amide bonds. The molecule has 7 nitrogen and oxygen atoms in total. The molecule has 34 heavy (non-hydrogen) atoms. The zero-order valence-electron chi connectivity index (χ0n) is 19.2. The van der Waals surface area contributed by atoms with Crippen molar-refractivity contribution >= 4 is 23.2 Å². The quantitative estimate of drug-likeness (QED) is 0.628. The van der Waals surface area contributed by atoms with Gasteiger partial charge in [-0.1, -0.05) is 23.7 Å². The van der Waals surface area contributed by atoms with Crippen LogP contribution in [0, 0.1) is 22.6 Å². The van der Waals surface area contributed by atoms with Crippen LogP contribution in [0.15, 0.2) is 36.4 Å². The van der Waals surface area contributed by atoms with Gasteiger partial charge in [-0.25, -0.2) is 4.39 Å². The molecule has 4 rings (SSSR count). The van der Waals surface area contributed by atoms with Crippen LogP contribution in [-0.4, -0.2) is 60.6 Å². The molecule has 2 N–H and O–H groups in total. The number of fused-ring (bicyclic) bond motifs is 1. The lowest BCUT2D eigenvalue weighted by atomic mass is 9.75. The van der Waals surface area contributed by atoms with Gasteiger partial charge in [0.05, 0.1) is 28.7 Å². The number of nitrogens with one attached hydrogen (secondary N) is 1. The van der Waals surface area contributed by atoms with Crippen molar-refractivity contribution in [2.24, 2.45) is 5.41 Å². The second-order valence-electron chi connectivity index (χ2n) is 9.22. The number of benzene rings is 2. The molecule has 0 radical (unpaired) electrons. The van der Waals surface area contributed by atoms with E-state index in [0.717, 1.165) is 5.56 Å². The summed E-state index contributed by atoms with van der Waals surface area (Å²) >= 11 is 6.32. The number of nitrogens with zero attached hydrogens (tertiary/aromatic N) is 3. The van der Waals surface area contributed by atoms with Crippen LogP contribution in [0.3, 0.4) is 0 Å². The van der Waals surface area contributed by atoms with E-state index in [2.05, 4.69) is 11.4 Å². The molecule has 2 aliphatic rings. The molecule has 2 heterocycles. The predicted octanol–water partition coefficient (Wildman–Crippen LogP) is 3.58. The maximum atomic E-state index is 13.2. The van der Waals surface area contributed by atoms with Crippen molar-refractivity contribution in [1.82, 2.24) is 9.80 Å². The van der Waals surface area contributed by atoms with Gasteiger partial charge in [0.25, 0.3) is 5.91 Å². The molecule has 0 bridgehead atoms. The smallest absolute Gasteiger partial charge is 0.265 e. The third-order valence-corrected chi connectivity index (χ3v) is 6.94. The van der Waals surface area contributed by atoms with Gasteiger partial charge in [-0.15, -0.1) is 0 Å². The lowest BCUT2D eigenvalue weighted by Gasteiger charge is -2.39. The Morgan fingerprint density at radius 1 is 1.35 bits per heavy atom. The van der Waals surface area contributed by atoms with E-state index < -0.39 is 17.7 Å². The highest BCUT2D eigenvalue weighted by atomic mass is 35.5. The number of piperidine rings is 1. The topological polar surface area (TPSA) is 88.8 Å². The second-order valence-corrected chi connectivity index (χ2v) is 9.62. The number of likely N-dealkylation sites (tertiary alicyclic amines) is 1. The average molecular weight is 487 g/mol. The summed E-state index contributed by atoms with van der Waals surface area (Å²) in [6.45, 7) is 1.20. The molecule has 2 atom stereocenters. The van der Waals surface area contributed by atoms with Gasteiger partial charge in [0.15, 0.2) is 6.10 Å². The third kappa shape index (κ3) is 4.97. The Morgan fingerprint density at radius 3 is 2.65 bits per heavy atom. The largest absolute Gasteiger partial charge is 0.477 e. The van der Waals surface area contributed by atoms with E-state index in [0.29, 0.717) is 60.9 Å². The minimum absolute atomic E-state index is 0.142. The predicted molar refractivity (Wildman–Crippen MR) is 127 cm³/mol. The molecule has 2 aromatic carbocycles. The Labute approximate surface area is 203 Å². The van der Waals surface area contributed by atoms with E-state index in [1.54, 1.807) is 48.2 Å². The maximum absolute atomic E-state index is 13.2. The summed E-state index contributed by atoms with van der Waals surface area (Å²) in [5.41, 5.74) is 1.50. The second kappa shape index (κ2) is 9.79. The van der Waals surface area contributed by atoms with Gasteiger partial charge in [-0.2, -0.15) is 5.26 Å². The summed E-state index contributed by atoms with van der Waals surface area (Å²) in [7, 11) is 3.47. The number of hydrogen-bond donors (Lipinski definition) is 2. The van der Waals surface area contributed by atoms with Crippen LogP contribution in [0.25, 0.3) is 0 Å². The summed E-state index contributed by atoms with van der Waals surface area (Å²) in [4.78, 5) is 16.6. The number of rotatable bonds is 5. The number of carbonyl (C=O) groups excluding carboxylic acids is 1. The summed E-state index contributed by atoms with van der Waals surface area (Å²) in [6, 6.07) is 12.0. The van der Waals surface area contributed by atoms with Gasteiger partial charge >= 0.3 is 0 Å². The Kier molecular flexibility index (Phi) is 6.99. The molecule has 0 aromatic heterocycles. The molecule has 1 saturated heterocycles. The first kappa shape index (κ1) is 24.3. The number of halogens is 2. The van der Waals surface area contributed by atoms with E-state index in [1.165, 1.54) is 12.1 Å². The fraction of sp³-hybridized carbons (Fsp3) is 0.440. The highest BCUT2D eigenvalue weighted by Crippen LogP contribution is 2.39. The molecular weight excluding hydrogens is 459 g/mol. The summed E-state index contributed by atoms with van der Waals surface area (Å²) in [6.07, 6.45) is -0.0150. The molecule has 1 fully saturated rings. The van der Waals surface area contributed by atoms with Gasteiger partial charge in [0.2, 0.25) is 0 Å². The van der Waals surface area contributed by atoms with Crippen LogP contribution < -0.4 is 10.1 Å². The highest BCUT2D eigenvalue weighted by molar-refractivity contribution is 6.31. The van der Waals surface area contributed by atoms with Crippen molar-refractivity contribution in [3.05, 3.63) is 58.4 Å². The Bertz CT molecular complexity index is 1090. The Balaban J connectivity index is 1.41. The minimum atomic E-state index is -0.903. The first-order valence-corrected chi connectivity index (χ1v) is 11.6.